The number of hydrogen-bond acceptors (Lipinski definition) is 5. The third kappa shape index (κ3) is 2.85. The predicted molar refractivity (Wildman–Crippen MR) is 81.4 cm³/mol. The summed E-state index contributed by atoms with van der Waals surface area (Å²) in [6, 6.07) is 6.04. The molecular formula is C13H16BrN5. The fraction of sp³-hybridized carbons (Fsp3) is 0.231. The average molecular weight is 322 g/mol. The summed E-state index contributed by atoms with van der Waals surface area (Å²) >= 11 is 3.57. The Hall–Kier alpha value is -1.66. The van der Waals surface area contributed by atoms with Gasteiger partial charge in [0, 0.05) is 10.0 Å². The van der Waals surface area contributed by atoms with E-state index in [2.05, 4.69) is 36.6 Å². The van der Waals surface area contributed by atoms with Crippen molar-refractivity contribution in [3.05, 3.63) is 40.1 Å². The van der Waals surface area contributed by atoms with Gasteiger partial charge < -0.3 is 10.7 Å². The molecule has 1 aromatic carbocycles. The van der Waals surface area contributed by atoms with Crippen LogP contribution in [0.2, 0.25) is 0 Å². The van der Waals surface area contributed by atoms with Gasteiger partial charge in [-0.2, -0.15) is 0 Å². The van der Waals surface area contributed by atoms with Crippen LogP contribution in [0.5, 0.6) is 0 Å². The number of nitrogens with one attached hydrogen (secondary N) is 2. The number of hydrogen-bond donors (Lipinski definition) is 3. The third-order valence-electron chi connectivity index (χ3n) is 2.88. The highest BCUT2D eigenvalue weighted by Gasteiger charge is 2.10. The Morgan fingerprint density at radius 3 is 2.68 bits per heavy atom. The lowest BCUT2D eigenvalue weighted by Crippen LogP contribution is -2.13. The van der Waals surface area contributed by atoms with Crippen LogP contribution < -0.4 is 16.6 Å². The molecule has 0 fully saturated rings. The average Bonchev–Trinajstić information content (AvgIpc) is 2.43. The summed E-state index contributed by atoms with van der Waals surface area (Å²) in [5.74, 6) is 6.87. The zero-order valence-corrected chi connectivity index (χ0v) is 12.5. The van der Waals surface area contributed by atoms with E-state index < -0.39 is 0 Å². The van der Waals surface area contributed by atoms with Gasteiger partial charge in [-0.15, -0.1) is 0 Å². The lowest BCUT2D eigenvalue weighted by Gasteiger charge is -2.14. The Morgan fingerprint density at radius 1 is 1.26 bits per heavy atom. The summed E-state index contributed by atoms with van der Waals surface area (Å²) < 4.78 is 1.03. The number of anilines is 3. The van der Waals surface area contributed by atoms with Crippen molar-refractivity contribution >= 4 is 33.3 Å². The normalized spacial score (nSPS) is 10.3. The molecule has 2 rings (SSSR count). The SMILES string of the molecule is CCc1c(NN)ncnc1Nc1cccc(C)c1Br. The fourth-order valence-corrected chi connectivity index (χ4v) is 2.21. The zero-order chi connectivity index (χ0) is 13.8. The van der Waals surface area contributed by atoms with Crippen molar-refractivity contribution in [1.82, 2.24) is 9.97 Å². The molecule has 0 saturated carbocycles. The van der Waals surface area contributed by atoms with E-state index >= 15 is 0 Å². The monoisotopic (exact) mass is 321 g/mol. The second-order valence-electron chi connectivity index (χ2n) is 4.11. The summed E-state index contributed by atoms with van der Waals surface area (Å²) in [6.45, 7) is 4.08. The lowest BCUT2D eigenvalue weighted by atomic mass is 10.2. The number of nitrogens with two attached hydrogens (primary N) is 1. The molecule has 0 atom stereocenters. The molecule has 1 heterocycles. The second kappa shape index (κ2) is 5.99. The standard InChI is InChI=1S/C13H16BrN5/c1-3-9-12(16-7-17-13(9)19-15)18-10-6-4-5-8(2)11(10)14/h4-7H,3,15H2,1-2H3,(H2,16,17,18,19). The molecule has 5 nitrogen and oxygen atoms in total. The van der Waals surface area contributed by atoms with Gasteiger partial charge in [0.05, 0.1) is 5.69 Å². The largest absolute Gasteiger partial charge is 0.339 e. The van der Waals surface area contributed by atoms with Crippen molar-refractivity contribution in [1.29, 1.82) is 0 Å². The summed E-state index contributed by atoms with van der Waals surface area (Å²) in [7, 11) is 0. The van der Waals surface area contributed by atoms with E-state index in [0.717, 1.165) is 33.5 Å². The van der Waals surface area contributed by atoms with Crippen LogP contribution in [0.15, 0.2) is 29.0 Å². The highest BCUT2D eigenvalue weighted by Crippen LogP contribution is 2.30. The smallest absolute Gasteiger partial charge is 0.148 e. The van der Waals surface area contributed by atoms with Gasteiger partial charge in [-0.1, -0.05) is 19.1 Å². The van der Waals surface area contributed by atoms with Crippen molar-refractivity contribution in [2.45, 2.75) is 20.3 Å². The van der Waals surface area contributed by atoms with E-state index in [0.29, 0.717) is 5.82 Å². The van der Waals surface area contributed by atoms with Gasteiger partial charge in [0.15, 0.2) is 0 Å². The van der Waals surface area contributed by atoms with Crippen LogP contribution >= 0.6 is 15.9 Å². The maximum absolute atomic E-state index is 5.47. The second-order valence-corrected chi connectivity index (χ2v) is 4.90. The molecule has 0 amide bonds. The number of rotatable bonds is 4. The van der Waals surface area contributed by atoms with Crippen molar-refractivity contribution in [2.24, 2.45) is 5.84 Å². The van der Waals surface area contributed by atoms with Gasteiger partial charge in [0.25, 0.3) is 0 Å². The Balaban J connectivity index is 2.41. The molecule has 1 aromatic heterocycles. The Morgan fingerprint density at radius 2 is 2.00 bits per heavy atom. The van der Waals surface area contributed by atoms with Gasteiger partial charge in [0.1, 0.15) is 18.0 Å². The lowest BCUT2D eigenvalue weighted by molar-refractivity contribution is 1.04. The van der Waals surface area contributed by atoms with E-state index in [1.54, 1.807) is 0 Å². The molecule has 0 saturated heterocycles. The van der Waals surface area contributed by atoms with Gasteiger partial charge in [-0.3, -0.25) is 0 Å². The summed E-state index contributed by atoms with van der Waals surface area (Å²) in [6.07, 6.45) is 2.27. The molecule has 100 valence electrons. The minimum atomic E-state index is 0.642. The summed E-state index contributed by atoms with van der Waals surface area (Å²) in [4.78, 5) is 8.40. The van der Waals surface area contributed by atoms with Crippen molar-refractivity contribution in [2.75, 3.05) is 10.7 Å². The van der Waals surface area contributed by atoms with Crippen LogP contribution in [0.4, 0.5) is 17.3 Å². The number of hydrazine groups is 1. The maximum Gasteiger partial charge on any atom is 0.148 e. The quantitative estimate of drug-likeness (QED) is 0.595. The zero-order valence-electron chi connectivity index (χ0n) is 10.9. The molecule has 0 aliphatic rings. The van der Waals surface area contributed by atoms with Crippen LogP contribution in [0.3, 0.4) is 0 Å². The minimum absolute atomic E-state index is 0.642. The first-order valence-corrected chi connectivity index (χ1v) is 6.79. The molecular weight excluding hydrogens is 306 g/mol. The van der Waals surface area contributed by atoms with Crippen molar-refractivity contribution < 1.29 is 0 Å². The first-order chi connectivity index (χ1) is 9.17. The highest BCUT2D eigenvalue weighted by atomic mass is 79.9. The number of aromatic nitrogens is 2. The molecule has 19 heavy (non-hydrogen) atoms. The number of nitrogen functional groups attached to an aromatic ring is 1. The van der Waals surface area contributed by atoms with E-state index in [-0.39, 0.29) is 0 Å². The molecule has 6 heteroatoms. The highest BCUT2D eigenvalue weighted by molar-refractivity contribution is 9.10. The van der Waals surface area contributed by atoms with Gasteiger partial charge in [-0.05, 0) is 40.9 Å². The third-order valence-corrected chi connectivity index (χ3v) is 3.93. The number of halogens is 1. The van der Waals surface area contributed by atoms with E-state index in [4.69, 9.17) is 5.84 Å². The Kier molecular flexibility index (Phi) is 4.34. The molecule has 0 unspecified atom stereocenters. The number of aryl methyl sites for hydroxylation is 1. The Bertz CT molecular complexity index is 585. The first-order valence-electron chi connectivity index (χ1n) is 6.00. The predicted octanol–water partition coefficient (Wildman–Crippen LogP) is 3.14. The topological polar surface area (TPSA) is 75.9 Å². The molecule has 0 bridgehead atoms. The van der Waals surface area contributed by atoms with Crippen molar-refractivity contribution in [3.8, 4) is 0 Å². The van der Waals surface area contributed by atoms with Crippen LogP contribution in [0.25, 0.3) is 0 Å². The summed E-state index contributed by atoms with van der Waals surface area (Å²) in [5.41, 5.74) is 5.68. The Labute approximate surface area is 120 Å². The molecule has 0 aliphatic heterocycles. The molecule has 0 spiro atoms. The van der Waals surface area contributed by atoms with Gasteiger partial charge in [-0.25, -0.2) is 15.8 Å². The van der Waals surface area contributed by atoms with Crippen LogP contribution in [0.1, 0.15) is 18.1 Å². The molecule has 2 aromatic rings. The molecule has 0 aliphatic carbocycles. The summed E-state index contributed by atoms with van der Waals surface area (Å²) in [5, 5.41) is 3.31. The fourth-order valence-electron chi connectivity index (χ4n) is 1.85. The van der Waals surface area contributed by atoms with E-state index in [9.17, 15) is 0 Å². The van der Waals surface area contributed by atoms with Crippen LogP contribution in [-0.4, -0.2) is 9.97 Å². The maximum atomic E-state index is 5.47. The minimum Gasteiger partial charge on any atom is -0.339 e. The molecule has 0 radical (unpaired) electrons. The first kappa shape index (κ1) is 13.8. The van der Waals surface area contributed by atoms with Crippen LogP contribution in [-0.2, 0) is 6.42 Å². The van der Waals surface area contributed by atoms with Gasteiger partial charge >= 0.3 is 0 Å². The van der Waals surface area contributed by atoms with E-state index in [1.807, 2.05) is 32.0 Å². The van der Waals surface area contributed by atoms with E-state index in [1.165, 1.54) is 6.33 Å². The van der Waals surface area contributed by atoms with Crippen LogP contribution in [0, 0.1) is 6.92 Å². The number of nitrogens with zero attached hydrogens (tertiary/aromatic N) is 2. The number of benzene rings is 1. The van der Waals surface area contributed by atoms with Gasteiger partial charge in [0.2, 0.25) is 0 Å². The molecule has 4 N–H and O–H groups in total. The van der Waals surface area contributed by atoms with Crippen molar-refractivity contribution in [3.63, 3.8) is 0 Å².